The van der Waals surface area contributed by atoms with Crippen LogP contribution in [0.3, 0.4) is 0 Å². The zero-order chi connectivity index (χ0) is 15.2. The summed E-state index contributed by atoms with van der Waals surface area (Å²) >= 11 is 0. The first kappa shape index (κ1) is 15.3. The molecule has 2 N–H and O–H groups in total. The molecule has 0 heterocycles. The molecule has 3 nitrogen and oxygen atoms in total. The molecule has 2 aromatic carbocycles. The molecule has 0 bridgehead atoms. The highest BCUT2D eigenvalue weighted by Gasteiger charge is 2.12. The maximum Gasteiger partial charge on any atom is 0.251 e. The monoisotopic (exact) mass is 283 g/mol. The van der Waals surface area contributed by atoms with Crippen molar-refractivity contribution in [2.24, 2.45) is 0 Å². The lowest BCUT2D eigenvalue weighted by Gasteiger charge is -2.14. The van der Waals surface area contributed by atoms with Gasteiger partial charge in [-0.25, -0.2) is 0 Å². The molecular formula is C18H21NO2. The molecule has 0 radical (unpaired) electrons. The summed E-state index contributed by atoms with van der Waals surface area (Å²) in [7, 11) is 0. The van der Waals surface area contributed by atoms with E-state index in [4.69, 9.17) is 0 Å². The van der Waals surface area contributed by atoms with Gasteiger partial charge in [-0.15, -0.1) is 0 Å². The molecular weight excluding hydrogens is 262 g/mol. The highest BCUT2D eigenvalue weighted by molar-refractivity contribution is 5.94. The van der Waals surface area contributed by atoms with Gasteiger partial charge in [0.1, 0.15) is 0 Å². The second-order valence-corrected chi connectivity index (χ2v) is 5.13. The van der Waals surface area contributed by atoms with Crippen molar-refractivity contribution in [2.75, 3.05) is 6.54 Å². The summed E-state index contributed by atoms with van der Waals surface area (Å²) in [6, 6.07) is 15.2. The van der Waals surface area contributed by atoms with Crippen LogP contribution in [0.1, 0.15) is 40.1 Å². The topological polar surface area (TPSA) is 49.3 Å². The number of hydrogen-bond acceptors (Lipinski definition) is 2. The molecule has 2 aromatic rings. The summed E-state index contributed by atoms with van der Waals surface area (Å²) in [6.07, 6.45) is 0.263. The zero-order valence-electron chi connectivity index (χ0n) is 12.5. The van der Waals surface area contributed by atoms with Crippen molar-refractivity contribution in [1.29, 1.82) is 0 Å². The smallest absolute Gasteiger partial charge is 0.251 e. The Morgan fingerprint density at radius 1 is 1.14 bits per heavy atom. The Morgan fingerprint density at radius 3 is 2.43 bits per heavy atom. The number of amides is 1. The van der Waals surface area contributed by atoms with E-state index < -0.39 is 6.10 Å². The lowest BCUT2D eigenvalue weighted by atomic mass is 10.0. The first-order valence-electron chi connectivity index (χ1n) is 7.22. The summed E-state index contributed by atoms with van der Waals surface area (Å²) in [5.74, 6) is -0.162. The van der Waals surface area contributed by atoms with Crippen molar-refractivity contribution in [2.45, 2.75) is 26.4 Å². The fourth-order valence-corrected chi connectivity index (χ4v) is 2.25. The number of carbonyl (C=O) groups is 1. The summed E-state index contributed by atoms with van der Waals surface area (Å²) in [4.78, 5) is 12.0. The minimum Gasteiger partial charge on any atom is -0.387 e. The van der Waals surface area contributed by atoms with E-state index in [1.54, 1.807) is 0 Å². The molecule has 0 aliphatic carbocycles. The van der Waals surface area contributed by atoms with E-state index in [0.29, 0.717) is 5.56 Å². The van der Waals surface area contributed by atoms with Crippen molar-refractivity contribution >= 4 is 5.91 Å². The van der Waals surface area contributed by atoms with Gasteiger partial charge in [0.15, 0.2) is 0 Å². The summed E-state index contributed by atoms with van der Waals surface area (Å²) in [5, 5.41) is 12.9. The Hall–Kier alpha value is -2.13. The van der Waals surface area contributed by atoms with Crippen LogP contribution in [0.15, 0.2) is 48.5 Å². The molecule has 0 aliphatic heterocycles. The van der Waals surface area contributed by atoms with Gasteiger partial charge in [-0.2, -0.15) is 0 Å². The Morgan fingerprint density at radius 2 is 1.81 bits per heavy atom. The van der Waals surface area contributed by atoms with Gasteiger partial charge in [-0.05, 0) is 42.2 Å². The van der Waals surface area contributed by atoms with Crippen molar-refractivity contribution in [3.05, 3.63) is 70.8 Å². The SMILES string of the molecule is CCc1ccc(C(=O)NCC(O)c2ccccc2C)cc1. The highest BCUT2D eigenvalue weighted by Crippen LogP contribution is 2.16. The number of benzene rings is 2. The molecule has 0 spiro atoms. The van der Waals surface area contributed by atoms with Crippen LogP contribution >= 0.6 is 0 Å². The Balaban J connectivity index is 1.95. The minimum atomic E-state index is -0.690. The van der Waals surface area contributed by atoms with Crippen LogP contribution in [-0.4, -0.2) is 17.6 Å². The van der Waals surface area contributed by atoms with Gasteiger partial charge < -0.3 is 10.4 Å². The lowest BCUT2D eigenvalue weighted by molar-refractivity contribution is 0.0916. The number of aryl methyl sites for hydroxylation is 2. The minimum absolute atomic E-state index is 0.162. The molecule has 0 saturated heterocycles. The van der Waals surface area contributed by atoms with Crippen molar-refractivity contribution < 1.29 is 9.90 Å². The molecule has 0 fully saturated rings. The van der Waals surface area contributed by atoms with Crippen LogP contribution < -0.4 is 5.32 Å². The Labute approximate surface area is 125 Å². The molecule has 1 unspecified atom stereocenters. The molecule has 0 aromatic heterocycles. The number of nitrogens with one attached hydrogen (secondary N) is 1. The summed E-state index contributed by atoms with van der Waals surface area (Å²) in [6.45, 7) is 4.23. The van der Waals surface area contributed by atoms with E-state index in [1.807, 2.05) is 55.5 Å². The van der Waals surface area contributed by atoms with Crippen LogP contribution in [0.25, 0.3) is 0 Å². The number of aliphatic hydroxyl groups excluding tert-OH is 1. The summed E-state index contributed by atoms with van der Waals surface area (Å²) < 4.78 is 0. The maximum atomic E-state index is 12.0. The van der Waals surface area contributed by atoms with Crippen molar-refractivity contribution in [3.8, 4) is 0 Å². The molecule has 3 heteroatoms. The van der Waals surface area contributed by atoms with Gasteiger partial charge in [0.05, 0.1) is 6.10 Å². The standard InChI is InChI=1S/C18H21NO2/c1-3-14-8-10-15(11-9-14)18(21)19-12-17(20)16-7-5-4-6-13(16)2/h4-11,17,20H,3,12H2,1-2H3,(H,19,21). The summed E-state index contributed by atoms with van der Waals surface area (Å²) in [5.41, 5.74) is 3.68. The number of hydrogen-bond donors (Lipinski definition) is 2. The molecule has 110 valence electrons. The average molecular weight is 283 g/mol. The maximum absolute atomic E-state index is 12.0. The first-order valence-corrected chi connectivity index (χ1v) is 7.22. The van der Waals surface area contributed by atoms with Crippen LogP contribution in [0.4, 0.5) is 0 Å². The molecule has 0 aliphatic rings. The number of aliphatic hydroxyl groups is 1. The van der Waals surface area contributed by atoms with Crippen LogP contribution in [0, 0.1) is 6.92 Å². The largest absolute Gasteiger partial charge is 0.387 e. The first-order chi connectivity index (χ1) is 10.1. The molecule has 1 atom stereocenters. The fourth-order valence-electron chi connectivity index (χ4n) is 2.25. The van der Waals surface area contributed by atoms with E-state index in [0.717, 1.165) is 17.5 Å². The number of rotatable bonds is 5. The number of carbonyl (C=O) groups excluding carboxylic acids is 1. The van der Waals surface area contributed by atoms with Gasteiger partial charge in [-0.1, -0.05) is 43.3 Å². The van der Waals surface area contributed by atoms with Crippen LogP contribution in [0.2, 0.25) is 0 Å². The second kappa shape index (κ2) is 7.04. The van der Waals surface area contributed by atoms with Gasteiger partial charge >= 0.3 is 0 Å². The van der Waals surface area contributed by atoms with Gasteiger partial charge in [0.2, 0.25) is 0 Å². The van der Waals surface area contributed by atoms with E-state index in [2.05, 4.69) is 12.2 Å². The molecule has 1 amide bonds. The predicted molar refractivity (Wildman–Crippen MR) is 84.3 cm³/mol. The van der Waals surface area contributed by atoms with E-state index in [9.17, 15) is 9.90 Å². The van der Waals surface area contributed by atoms with E-state index >= 15 is 0 Å². The Bertz CT molecular complexity index is 605. The lowest BCUT2D eigenvalue weighted by Crippen LogP contribution is -2.28. The zero-order valence-corrected chi connectivity index (χ0v) is 12.5. The normalized spacial score (nSPS) is 12.0. The predicted octanol–water partition coefficient (Wildman–Crippen LogP) is 3.02. The third kappa shape index (κ3) is 3.92. The van der Waals surface area contributed by atoms with E-state index in [1.165, 1.54) is 5.56 Å². The third-order valence-electron chi connectivity index (χ3n) is 3.63. The Kier molecular flexibility index (Phi) is 5.12. The third-order valence-corrected chi connectivity index (χ3v) is 3.63. The highest BCUT2D eigenvalue weighted by atomic mass is 16.3. The molecule has 0 saturated carbocycles. The van der Waals surface area contributed by atoms with Gasteiger partial charge in [0.25, 0.3) is 5.91 Å². The molecule has 2 rings (SSSR count). The second-order valence-electron chi connectivity index (χ2n) is 5.13. The van der Waals surface area contributed by atoms with Crippen LogP contribution in [-0.2, 0) is 6.42 Å². The van der Waals surface area contributed by atoms with Gasteiger partial charge in [0, 0.05) is 12.1 Å². The average Bonchev–Trinajstić information content (AvgIpc) is 2.52. The fraction of sp³-hybridized carbons (Fsp3) is 0.278. The van der Waals surface area contributed by atoms with E-state index in [-0.39, 0.29) is 12.5 Å². The van der Waals surface area contributed by atoms with Crippen molar-refractivity contribution in [3.63, 3.8) is 0 Å². The van der Waals surface area contributed by atoms with Crippen molar-refractivity contribution in [1.82, 2.24) is 5.32 Å². The van der Waals surface area contributed by atoms with Crippen LogP contribution in [0.5, 0.6) is 0 Å². The molecule has 21 heavy (non-hydrogen) atoms. The quantitative estimate of drug-likeness (QED) is 0.886. The van der Waals surface area contributed by atoms with Gasteiger partial charge in [-0.3, -0.25) is 4.79 Å².